The number of morpholine rings is 2. The van der Waals surface area contributed by atoms with Crippen molar-refractivity contribution in [1.82, 2.24) is 19.9 Å². The van der Waals surface area contributed by atoms with Gasteiger partial charge in [0, 0.05) is 56.1 Å². The average Bonchev–Trinajstić information content (AvgIpc) is 3.45. The largest absolute Gasteiger partial charge is 0.451 e. The van der Waals surface area contributed by atoms with Gasteiger partial charge in [-0.1, -0.05) is 12.1 Å². The number of amides is 4. The Morgan fingerprint density at radius 3 is 1.65 bits per heavy atom. The molecular weight excluding hydrogens is 1040 g/mol. The van der Waals surface area contributed by atoms with Gasteiger partial charge in [-0.2, -0.15) is 32.0 Å². The van der Waals surface area contributed by atoms with Crippen LogP contribution in [0.25, 0.3) is 22.1 Å². The SMILES string of the molecule is O=C(Nc1cc(F)c(Oc2ccc3ncc(N4CCOCC4)nc3c2)c(F)c1F)N(c1cccc(F)c1)N(C(=O)Nc1cccc(C(F)(F)F)c1)c1cc(F)c(Oc2ccc3ncc(N4CCOCC4)nc3c2)c(F)c1F. The average molecular weight is 1070 g/mol. The number of anilines is 6. The fraction of sp³-hybridized carbons (Fsp3) is 0.176. The lowest BCUT2D eigenvalue weighted by Crippen LogP contribution is -2.54. The molecular formula is C51H36F10N10O6. The van der Waals surface area contributed by atoms with Crippen molar-refractivity contribution in [2.24, 2.45) is 0 Å². The van der Waals surface area contributed by atoms with Gasteiger partial charge in [0.2, 0.25) is 23.1 Å². The van der Waals surface area contributed by atoms with Crippen molar-refractivity contribution in [2.75, 3.05) is 83.1 Å². The number of carbonyl (C=O) groups excluding carboxylic acids is 2. The van der Waals surface area contributed by atoms with Gasteiger partial charge in [-0.3, -0.25) is 9.97 Å². The maximum atomic E-state index is 16.8. The summed E-state index contributed by atoms with van der Waals surface area (Å²) in [5.41, 5.74) is -4.55. The summed E-state index contributed by atoms with van der Waals surface area (Å²) in [5, 5.41) is 3.53. The highest BCUT2D eigenvalue weighted by Gasteiger charge is 2.37. The quantitative estimate of drug-likeness (QED) is 0.0759. The summed E-state index contributed by atoms with van der Waals surface area (Å²) in [6, 6.07) is 10.4. The van der Waals surface area contributed by atoms with Crippen molar-refractivity contribution in [3.63, 3.8) is 0 Å². The van der Waals surface area contributed by atoms with Crippen LogP contribution in [0.3, 0.4) is 0 Å². The molecule has 6 aromatic carbocycles. The van der Waals surface area contributed by atoms with Gasteiger partial charge in [-0.05, 0) is 60.7 Å². The summed E-state index contributed by atoms with van der Waals surface area (Å²) in [7, 11) is 0. The Morgan fingerprint density at radius 2 is 1.09 bits per heavy atom. The van der Waals surface area contributed by atoms with Crippen LogP contribution in [0.2, 0.25) is 0 Å². The molecule has 16 nitrogen and oxygen atoms in total. The molecule has 2 fully saturated rings. The number of nitrogens with one attached hydrogen (secondary N) is 2. The molecule has 0 atom stereocenters. The van der Waals surface area contributed by atoms with Crippen LogP contribution in [0.1, 0.15) is 5.56 Å². The molecule has 2 aromatic heterocycles. The topological polar surface area (TPSA) is 160 Å². The first-order valence-corrected chi connectivity index (χ1v) is 23.0. The molecule has 26 heteroatoms. The summed E-state index contributed by atoms with van der Waals surface area (Å²) >= 11 is 0. The number of halogens is 10. The van der Waals surface area contributed by atoms with Crippen molar-refractivity contribution in [1.29, 1.82) is 0 Å². The van der Waals surface area contributed by atoms with E-state index in [1.54, 1.807) is 5.32 Å². The summed E-state index contributed by atoms with van der Waals surface area (Å²) in [5.74, 6) is -15.2. The molecule has 77 heavy (non-hydrogen) atoms. The van der Waals surface area contributed by atoms with Gasteiger partial charge >= 0.3 is 18.2 Å². The number of hydrogen-bond donors (Lipinski definition) is 2. The van der Waals surface area contributed by atoms with E-state index in [4.69, 9.17) is 18.9 Å². The zero-order chi connectivity index (χ0) is 54.1. The molecule has 10 rings (SSSR count). The second-order valence-electron chi connectivity index (χ2n) is 16.9. The third-order valence-corrected chi connectivity index (χ3v) is 11.9. The van der Waals surface area contributed by atoms with E-state index in [0.717, 1.165) is 30.3 Å². The number of hydrogen-bond acceptors (Lipinski definition) is 12. The van der Waals surface area contributed by atoms with E-state index >= 15 is 30.7 Å². The number of rotatable bonds is 10. The molecule has 4 heterocycles. The van der Waals surface area contributed by atoms with Gasteiger partial charge in [0.25, 0.3) is 0 Å². The van der Waals surface area contributed by atoms with E-state index in [0.29, 0.717) is 93.5 Å². The van der Waals surface area contributed by atoms with Crippen LogP contribution in [-0.4, -0.2) is 84.6 Å². The molecule has 4 amide bonds. The van der Waals surface area contributed by atoms with Crippen LogP contribution in [0.15, 0.2) is 109 Å². The highest BCUT2D eigenvalue weighted by molar-refractivity contribution is 6.13. The van der Waals surface area contributed by atoms with E-state index in [1.807, 2.05) is 15.1 Å². The first-order chi connectivity index (χ1) is 37.0. The Bertz CT molecular complexity index is 3590. The molecule has 8 aromatic rings. The summed E-state index contributed by atoms with van der Waals surface area (Å²) in [6.45, 7) is 3.72. The van der Waals surface area contributed by atoms with Crippen LogP contribution >= 0.6 is 0 Å². The van der Waals surface area contributed by atoms with Gasteiger partial charge in [0.05, 0.1) is 77.8 Å². The number of nitrogens with zero attached hydrogens (tertiary/aromatic N) is 8. The molecule has 0 spiro atoms. The van der Waals surface area contributed by atoms with Crippen molar-refractivity contribution >= 4 is 68.5 Å². The predicted molar refractivity (Wildman–Crippen MR) is 259 cm³/mol. The predicted octanol–water partition coefficient (Wildman–Crippen LogP) is 11.5. The van der Waals surface area contributed by atoms with Gasteiger partial charge in [0.15, 0.2) is 23.3 Å². The summed E-state index contributed by atoms with van der Waals surface area (Å²) < 4.78 is 176. The molecule has 2 aliphatic heterocycles. The lowest BCUT2D eigenvalue weighted by Gasteiger charge is -2.35. The molecule has 0 aliphatic carbocycles. The van der Waals surface area contributed by atoms with E-state index < -0.39 is 98.8 Å². The van der Waals surface area contributed by atoms with Crippen molar-refractivity contribution < 1.29 is 72.4 Å². The van der Waals surface area contributed by atoms with Crippen LogP contribution in [0, 0.1) is 40.7 Å². The first kappa shape index (κ1) is 51.4. The monoisotopic (exact) mass is 1070 g/mol. The second kappa shape index (κ2) is 21.3. The van der Waals surface area contributed by atoms with Gasteiger partial charge in [-0.15, -0.1) is 0 Å². The molecule has 0 unspecified atom stereocenters. The van der Waals surface area contributed by atoms with Crippen molar-refractivity contribution in [2.45, 2.75) is 6.18 Å². The Morgan fingerprint density at radius 1 is 0.558 bits per heavy atom. The standard InChI is InChI=1S/C51H36F10N10O6/c52-28-4-2-6-30(20-28)70(50(73)67-39-23-33(53)47(45(57)43(39)55)76-31-7-9-35-37(21-31)65-41(25-62-35)68-11-15-74-16-12-68)71(49(72)64-29-5-1-3-27(19-29)51(59,60)61)40-24-34(54)48(46(58)44(40)56)77-32-8-10-36-38(22-32)66-42(26-63-36)69-13-17-75-18-14-69/h1-10,19-26H,11-18H2,(H,64,72)(H,67,73). The third kappa shape index (κ3) is 10.9. The van der Waals surface area contributed by atoms with Crippen LogP contribution in [0.5, 0.6) is 23.0 Å². The Hall–Kier alpha value is -9.04. The number of fused-ring (bicyclic) bond motifs is 2. The number of urea groups is 2. The maximum Gasteiger partial charge on any atom is 0.416 e. The van der Waals surface area contributed by atoms with E-state index in [1.165, 1.54) is 48.8 Å². The number of alkyl halides is 3. The molecule has 0 radical (unpaired) electrons. The number of carbonyl (C=O) groups is 2. The fourth-order valence-electron chi connectivity index (χ4n) is 8.15. The molecule has 2 aliphatic rings. The van der Waals surface area contributed by atoms with Gasteiger partial charge in [0.1, 0.15) is 34.6 Å². The maximum absolute atomic E-state index is 16.8. The number of ether oxygens (including phenoxy) is 4. The Balaban J connectivity index is 1.01. The molecule has 0 saturated carbocycles. The zero-order valence-electron chi connectivity index (χ0n) is 39.4. The summed E-state index contributed by atoms with van der Waals surface area (Å²) in [6.07, 6.45) is -1.96. The Labute approximate surface area is 428 Å². The minimum atomic E-state index is -4.99. The minimum absolute atomic E-state index is 0.0428. The lowest BCUT2D eigenvalue weighted by molar-refractivity contribution is -0.137. The number of benzene rings is 6. The van der Waals surface area contributed by atoms with Gasteiger partial charge < -0.3 is 39.4 Å². The van der Waals surface area contributed by atoms with Crippen LogP contribution in [-0.2, 0) is 15.7 Å². The van der Waals surface area contributed by atoms with Crippen LogP contribution < -0.4 is 39.9 Å². The van der Waals surface area contributed by atoms with Crippen LogP contribution in [0.4, 0.5) is 87.9 Å². The first-order valence-electron chi connectivity index (χ1n) is 23.0. The molecule has 2 N–H and O–H groups in total. The van der Waals surface area contributed by atoms with E-state index in [-0.39, 0.29) is 44.7 Å². The highest BCUT2D eigenvalue weighted by Crippen LogP contribution is 2.39. The lowest BCUT2D eigenvalue weighted by atomic mass is 10.2. The van der Waals surface area contributed by atoms with Crippen molar-refractivity contribution in [3.05, 3.63) is 156 Å². The van der Waals surface area contributed by atoms with E-state index in [9.17, 15) is 22.8 Å². The minimum Gasteiger partial charge on any atom is -0.451 e. The third-order valence-electron chi connectivity index (χ3n) is 11.9. The fourth-order valence-corrected chi connectivity index (χ4v) is 8.15. The van der Waals surface area contributed by atoms with Crippen molar-refractivity contribution in [3.8, 4) is 23.0 Å². The Kier molecular flexibility index (Phi) is 14.2. The highest BCUT2D eigenvalue weighted by atomic mass is 19.4. The van der Waals surface area contributed by atoms with E-state index in [2.05, 4.69) is 19.9 Å². The summed E-state index contributed by atoms with van der Waals surface area (Å²) in [4.78, 5) is 50.5. The normalized spacial score (nSPS) is 13.9. The zero-order valence-corrected chi connectivity index (χ0v) is 39.4. The number of aromatic nitrogens is 4. The number of hydrazine groups is 1. The molecule has 2 saturated heterocycles. The smallest absolute Gasteiger partial charge is 0.416 e. The molecule has 396 valence electrons. The second-order valence-corrected chi connectivity index (χ2v) is 16.9. The van der Waals surface area contributed by atoms with Gasteiger partial charge in [-0.25, -0.2) is 41.5 Å². The molecule has 0 bridgehead atoms.